The van der Waals surface area contributed by atoms with E-state index in [1.54, 1.807) is 52.0 Å². The number of nitrogens with zero attached hydrogens (tertiary/aromatic N) is 4. The van der Waals surface area contributed by atoms with Gasteiger partial charge in [-0.15, -0.1) is 5.10 Å². The molecular weight excluding hydrogens is 516 g/mol. The van der Waals surface area contributed by atoms with Gasteiger partial charge in [0.2, 0.25) is 11.8 Å². The van der Waals surface area contributed by atoms with Crippen LogP contribution in [0, 0.1) is 5.82 Å². The van der Waals surface area contributed by atoms with Gasteiger partial charge >= 0.3 is 0 Å². The summed E-state index contributed by atoms with van der Waals surface area (Å²) in [4.78, 5) is 29.0. The first-order valence-electron chi connectivity index (χ1n) is 11.7. The van der Waals surface area contributed by atoms with Gasteiger partial charge in [-0.05, 0) is 66.1 Å². The molecule has 2 aliphatic heterocycles. The summed E-state index contributed by atoms with van der Waals surface area (Å²) in [7, 11) is 0. The highest BCUT2D eigenvalue weighted by atomic mass is 35.5. The largest absolute Gasteiger partial charge is 0.309 e. The van der Waals surface area contributed by atoms with Crippen molar-refractivity contribution in [1.82, 2.24) is 15.0 Å². The molecule has 4 aromatic rings. The Labute approximate surface area is 221 Å². The summed E-state index contributed by atoms with van der Waals surface area (Å²) >= 11 is 12.4. The second kappa shape index (κ2) is 8.68. The minimum Gasteiger partial charge on any atom is -0.309 e. The quantitative estimate of drug-likeness (QED) is 0.373. The maximum atomic E-state index is 14.3. The number of carbonyl (C=O) groups is 2. The van der Waals surface area contributed by atoms with Gasteiger partial charge in [0.25, 0.3) is 0 Å². The summed E-state index contributed by atoms with van der Waals surface area (Å²) in [5, 5.41) is 12.7. The minimum atomic E-state index is -1.41. The lowest BCUT2D eigenvalue weighted by molar-refractivity contribution is -0.126. The maximum Gasteiger partial charge on any atom is 0.244 e. The van der Waals surface area contributed by atoms with Crippen molar-refractivity contribution in [1.29, 1.82) is 0 Å². The van der Waals surface area contributed by atoms with E-state index < -0.39 is 11.2 Å². The summed E-state index contributed by atoms with van der Waals surface area (Å²) < 4.78 is 15.5. The summed E-state index contributed by atoms with van der Waals surface area (Å²) in [5.41, 5.74) is 1.63. The van der Waals surface area contributed by atoms with Crippen molar-refractivity contribution in [2.45, 2.75) is 31.3 Å². The molecule has 2 atom stereocenters. The highest BCUT2D eigenvalue weighted by Crippen LogP contribution is 2.52. The van der Waals surface area contributed by atoms with Gasteiger partial charge in [-0.25, -0.2) is 9.07 Å². The van der Waals surface area contributed by atoms with Crippen LogP contribution in [0.25, 0.3) is 0 Å². The normalized spacial score (nSPS) is 19.1. The number of benzene rings is 3. The van der Waals surface area contributed by atoms with Gasteiger partial charge < -0.3 is 10.2 Å². The molecule has 6 rings (SSSR count). The van der Waals surface area contributed by atoms with Crippen molar-refractivity contribution in [3.05, 3.63) is 105 Å². The van der Waals surface area contributed by atoms with E-state index in [0.717, 1.165) is 5.56 Å². The second-order valence-corrected chi connectivity index (χ2v) is 10.1. The third kappa shape index (κ3) is 3.70. The van der Waals surface area contributed by atoms with Crippen LogP contribution in [0.5, 0.6) is 0 Å². The Hall–Kier alpha value is -3.75. The molecule has 1 aromatic heterocycles. The lowest BCUT2D eigenvalue weighted by Gasteiger charge is -2.31. The van der Waals surface area contributed by atoms with E-state index in [2.05, 4.69) is 15.6 Å². The van der Waals surface area contributed by atoms with Gasteiger partial charge in [0.1, 0.15) is 16.9 Å². The van der Waals surface area contributed by atoms with Crippen molar-refractivity contribution in [3.63, 3.8) is 0 Å². The van der Waals surface area contributed by atoms with Crippen LogP contribution in [0.4, 0.5) is 15.9 Å². The van der Waals surface area contributed by atoms with E-state index in [1.807, 2.05) is 19.1 Å². The fraction of sp³-hybridized carbons (Fsp3) is 0.185. The number of hydrogen-bond donors (Lipinski definition) is 1. The van der Waals surface area contributed by atoms with Crippen molar-refractivity contribution < 1.29 is 14.0 Å². The SMILES string of the molecule is CC(c1ccc(Cl)cc1)n1nnc2c1NC(=O)C[C@]21C(=O)N(Cc2cccc(F)c2)c2ccc(Cl)cc21. The average molecular weight is 536 g/mol. The highest BCUT2D eigenvalue weighted by Gasteiger charge is 2.58. The topological polar surface area (TPSA) is 80.1 Å². The molecule has 1 spiro atoms. The molecule has 3 heterocycles. The van der Waals surface area contributed by atoms with E-state index in [1.165, 1.54) is 12.1 Å². The molecule has 0 aliphatic carbocycles. The number of nitrogens with one attached hydrogen (secondary N) is 1. The van der Waals surface area contributed by atoms with Crippen LogP contribution in [0.1, 0.15) is 41.8 Å². The van der Waals surface area contributed by atoms with Crippen molar-refractivity contribution in [2.75, 3.05) is 10.2 Å². The molecule has 37 heavy (non-hydrogen) atoms. The Morgan fingerprint density at radius 2 is 1.81 bits per heavy atom. The van der Waals surface area contributed by atoms with Crippen LogP contribution in [0.2, 0.25) is 10.0 Å². The third-order valence-electron chi connectivity index (χ3n) is 7.05. The Morgan fingerprint density at radius 3 is 2.57 bits per heavy atom. The highest BCUT2D eigenvalue weighted by molar-refractivity contribution is 6.31. The molecule has 0 fully saturated rings. The van der Waals surface area contributed by atoms with E-state index in [9.17, 15) is 14.0 Å². The van der Waals surface area contributed by atoms with Crippen molar-refractivity contribution in [3.8, 4) is 0 Å². The Balaban J connectivity index is 1.50. The number of aromatic nitrogens is 3. The minimum absolute atomic E-state index is 0.124. The molecule has 2 amide bonds. The molecule has 0 saturated carbocycles. The summed E-state index contributed by atoms with van der Waals surface area (Å²) in [5.74, 6) is -0.721. The lowest BCUT2D eigenvalue weighted by Crippen LogP contribution is -2.47. The predicted molar refractivity (Wildman–Crippen MR) is 138 cm³/mol. The van der Waals surface area contributed by atoms with Crippen LogP contribution >= 0.6 is 23.2 Å². The molecule has 1 N–H and O–H groups in total. The van der Waals surface area contributed by atoms with Crippen LogP contribution in [0.15, 0.2) is 66.7 Å². The molecule has 0 bridgehead atoms. The summed E-state index contributed by atoms with van der Waals surface area (Å²) in [6.45, 7) is 2.04. The van der Waals surface area contributed by atoms with Gasteiger partial charge in [-0.1, -0.05) is 52.7 Å². The van der Waals surface area contributed by atoms with Crippen LogP contribution in [0.3, 0.4) is 0 Å². The number of halogens is 3. The van der Waals surface area contributed by atoms with E-state index in [-0.39, 0.29) is 30.8 Å². The van der Waals surface area contributed by atoms with E-state index >= 15 is 0 Å². The van der Waals surface area contributed by atoms with Crippen molar-refractivity contribution in [2.24, 2.45) is 0 Å². The van der Waals surface area contributed by atoms with E-state index in [0.29, 0.717) is 38.4 Å². The zero-order chi connectivity index (χ0) is 25.9. The van der Waals surface area contributed by atoms with Gasteiger partial charge in [-0.2, -0.15) is 0 Å². The van der Waals surface area contributed by atoms with Crippen LogP contribution in [-0.4, -0.2) is 26.8 Å². The maximum absolute atomic E-state index is 14.3. The van der Waals surface area contributed by atoms with Gasteiger partial charge in [0, 0.05) is 15.7 Å². The first-order chi connectivity index (χ1) is 17.8. The monoisotopic (exact) mass is 535 g/mol. The number of hydrogen-bond acceptors (Lipinski definition) is 4. The molecule has 7 nitrogen and oxygen atoms in total. The van der Waals surface area contributed by atoms with Crippen LogP contribution in [-0.2, 0) is 21.5 Å². The molecular formula is C27H20Cl2FN5O2. The number of carbonyl (C=O) groups excluding carboxylic acids is 2. The van der Waals surface area contributed by atoms with Gasteiger partial charge in [0.15, 0.2) is 5.82 Å². The number of amides is 2. The molecule has 10 heteroatoms. The Kier molecular flexibility index (Phi) is 5.54. The molecule has 1 unspecified atom stereocenters. The Bertz CT molecular complexity index is 1570. The molecule has 186 valence electrons. The van der Waals surface area contributed by atoms with Crippen molar-refractivity contribution >= 4 is 46.5 Å². The van der Waals surface area contributed by atoms with Crippen LogP contribution < -0.4 is 10.2 Å². The standard InChI is InChI=1S/C27H20Cl2FN5O2/c1-15(17-5-7-18(28)8-6-17)35-25-24(32-33-35)27(13-23(36)31-25)21-12-19(29)9-10-22(21)34(26(27)37)14-16-3-2-4-20(30)11-16/h2-12,15H,13-14H2,1H3,(H,31,36)/t15?,27-/m1/s1. The summed E-state index contributed by atoms with van der Waals surface area (Å²) in [6, 6.07) is 18.2. The lowest BCUT2D eigenvalue weighted by atomic mass is 9.73. The zero-order valence-corrected chi connectivity index (χ0v) is 21.1. The number of fused-ring (bicyclic) bond motifs is 4. The predicted octanol–water partition coefficient (Wildman–Crippen LogP) is 5.51. The van der Waals surface area contributed by atoms with E-state index in [4.69, 9.17) is 23.2 Å². The fourth-order valence-corrected chi connectivity index (χ4v) is 5.56. The van der Waals surface area contributed by atoms with Gasteiger partial charge in [0.05, 0.1) is 19.0 Å². The zero-order valence-electron chi connectivity index (χ0n) is 19.6. The smallest absolute Gasteiger partial charge is 0.244 e. The molecule has 0 saturated heterocycles. The van der Waals surface area contributed by atoms with Gasteiger partial charge in [-0.3, -0.25) is 9.59 Å². The molecule has 0 radical (unpaired) electrons. The first kappa shape index (κ1) is 23.6. The average Bonchev–Trinajstić information content (AvgIpc) is 3.38. The summed E-state index contributed by atoms with van der Waals surface area (Å²) in [6.07, 6.45) is -0.153. The number of rotatable bonds is 4. The number of anilines is 2. The first-order valence-corrected chi connectivity index (χ1v) is 12.4. The fourth-order valence-electron chi connectivity index (χ4n) is 5.27. The molecule has 3 aromatic carbocycles. The second-order valence-electron chi connectivity index (χ2n) is 9.27. The molecule has 2 aliphatic rings. The third-order valence-corrected chi connectivity index (χ3v) is 7.54. The Morgan fingerprint density at radius 1 is 1.05 bits per heavy atom.